The van der Waals surface area contributed by atoms with Gasteiger partial charge >= 0.3 is 0 Å². The number of phenolic OH excluding ortho intramolecular Hbond substituents is 1. The van der Waals surface area contributed by atoms with Crippen LogP contribution in [0.4, 0.5) is 5.69 Å². The molecule has 0 unspecified atom stereocenters. The van der Waals surface area contributed by atoms with Crippen LogP contribution < -0.4 is 15.1 Å². The smallest absolute Gasteiger partial charge is 0.275 e. The van der Waals surface area contributed by atoms with Crippen molar-refractivity contribution in [2.75, 3.05) is 25.1 Å². The SMILES string of the molecule is CCN(CC)c1ccc(/C=N/NC(=O)c2cc(Cl)ccc2OC)c(O)c1. The van der Waals surface area contributed by atoms with Crippen LogP contribution in [0.15, 0.2) is 41.5 Å². The van der Waals surface area contributed by atoms with Gasteiger partial charge in [-0.05, 0) is 44.2 Å². The van der Waals surface area contributed by atoms with E-state index in [2.05, 4.69) is 29.3 Å². The Balaban J connectivity index is 2.11. The summed E-state index contributed by atoms with van der Waals surface area (Å²) in [5.74, 6) is 0.0288. The van der Waals surface area contributed by atoms with Crippen molar-refractivity contribution >= 4 is 29.4 Å². The molecule has 0 aliphatic rings. The predicted molar refractivity (Wildman–Crippen MR) is 105 cm³/mol. The molecule has 138 valence electrons. The lowest BCUT2D eigenvalue weighted by Crippen LogP contribution is -2.21. The Kier molecular flexibility index (Phi) is 6.86. The first kappa shape index (κ1) is 19.6. The average molecular weight is 376 g/mol. The number of benzene rings is 2. The normalized spacial score (nSPS) is 10.8. The first-order chi connectivity index (χ1) is 12.5. The minimum Gasteiger partial charge on any atom is -0.507 e. The first-order valence-electron chi connectivity index (χ1n) is 8.25. The lowest BCUT2D eigenvalue weighted by atomic mass is 10.2. The molecular weight excluding hydrogens is 354 g/mol. The number of hydrogen-bond donors (Lipinski definition) is 2. The van der Waals surface area contributed by atoms with E-state index in [1.807, 2.05) is 6.07 Å². The van der Waals surface area contributed by atoms with Gasteiger partial charge in [0, 0.05) is 35.4 Å². The zero-order chi connectivity index (χ0) is 19.1. The third kappa shape index (κ3) is 4.67. The highest BCUT2D eigenvalue weighted by Crippen LogP contribution is 2.24. The molecule has 0 aromatic heterocycles. The lowest BCUT2D eigenvalue weighted by molar-refractivity contribution is 0.0952. The summed E-state index contributed by atoms with van der Waals surface area (Å²) in [5.41, 5.74) is 4.11. The van der Waals surface area contributed by atoms with Crippen molar-refractivity contribution in [3.05, 3.63) is 52.5 Å². The number of hydrogen-bond acceptors (Lipinski definition) is 5. The number of nitrogens with zero attached hydrogens (tertiary/aromatic N) is 2. The molecule has 1 amide bonds. The van der Waals surface area contributed by atoms with Gasteiger partial charge in [-0.2, -0.15) is 5.10 Å². The highest BCUT2D eigenvalue weighted by Gasteiger charge is 2.12. The maximum atomic E-state index is 12.2. The number of carbonyl (C=O) groups is 1. The van der Waals surface area contributed by atoms with Crippen molar-refractivity contribution < 1.29 is 14.6 Å². The number of carbonyl (C=O) groups excluding carboxylic acids is 1. The monoisotopic (exact) mass is 375 g/mol. The third-order valence-electron chi connectivity index (χ3n) is 3.92. The second kappa shape index (κ2) is 9.10. The van der Waals surface area contributed by atoms with Gasteiger partial charge in [0.2, 0.25) is 0 Å². The molecule has 0 saturated heterocycles. The molecule has 7 heteroatoms. The molecule has 0 radical (unpaired) electrons. The second-order valence-corrected chi connectivity index (χ2v) is 5.90. The number of ether oxygens (including phenoxy) is 1. The Labute approximate surface area is 158 Å². The Morgan fingerprint density at radius 2 is 2.00 bits per heavy atom. The molecule has 0 bridgehead atoms. The number of amides is 1. The maximum Gasteiger partial charge on any atom is 0.275 e. The molecule has 0 saturated carbocycles. The van der Waals surface area contributed by atoms with Gasteiger partial charge in [-0.25, -0.2) is 5.43 Å². The zero-order valence-electron chi connectivity index (χ0n) is 15.0. The van der Waals surface area contributed by atoms with Gasteiger partial charge in [-0.1, -0.05) is 11.6 Å². The van der Waals surface area contributed by atoms with Crippen LogP contribution in [-0.2, 0) is 0 Å². The summed E-state index contributed by atoms with van der Waals surface area (Å²) in [5, 5.41) is 14.5. The van der Waals surface area contributed by atoms with Gasteiger partial charge in [0.15, 0.2) is 0 Å². The molecule has 0 atom stereocenters. The average Bonchev–Trinajstić information content (AvgIpc) is 2.64. The number of phenols is 1. The molecule has 0 spiro atoms. The van der Waals surface area contributed by atoms with Crippen LogP contribution in [0.1, 0.15) is 29.8 Å². The lowest BCUT2D eigenvalue weighted by Gasteiger charge is -2.21. The fourth-order valence-corrected chi connectivity index (χ4v) is 2.68. The van der Waals surface area contributed by atoms with E-state index in [4.69, 9.17) is 16.3 Å². The highest BCUT2D eigenvalue weighted by molar-refractivity contribution is 6.31. The molecule has 26 heavy (non-hydrogen) atoms. The van der Waals surface area contributed by atoms with Crippen LogP contribution in [0.25, 0.3) is 0 Å². The molecule has 0 aliphatic carbocycles. The summed E-state index contributed by atoms with van der Waals surface area (Å²) in [4.78, 5) is 14.4. The number of halogens is 1. The molecule has 2 N–H and O–H groups in total. The molecule has 0 aliphatic heterocycles. The van der Waals surface area contributed by atoms with Crippen molar-refractivity contribution in [2.45, 2.75) is 13.8 Å². The van der Waals surface area contributed by atoms with Crippen LogP contribution in [0, 0.1) is 0 Å². The van der Waals surface area contributed by atoms with E-state index in [0.717, 1.165) is 18.8 Å². The van der Waals surface area contributed by atoms with Crippen molar-refractivity contribution in [3.8, 4) is 11.5 Å². The number of anilines is 1. The first-order valence-corrected chi connectivity index (χ1v) is 8.62. The fourth-order valence-electron chi connectivity index (χ4n) is 2.50. The number of aromatic hydroxyl groups is 1. The molecule has 6 nitrogen and oxygen atoms in total. The van der Waals surface area contributed by atoms with Crippen molar-refractivity contribution in [1.82, 2.24) is 5.43 Å². The third-order valence-corrected chi connectivity index (χ3v) is 4.15. The number of hydrazone groups is 1. The van der Waals surface area contributed by atoms with Crippen LogP contribution in [0.3, 0.4) is 0 Å². The van der Waals surface area contributed by atoms with Gasteiger partial charge in [-0.15, -0.1) is 0 Å². The van der Waals surface area contributed by atoms with Crippen LogP contribution in [0.2, 0.25) is 5.02 Å². The van der Waals surface area contributed by atoms with E-state index < -0.39 is 5.91 Å². The van der Waals surface area contributed by atoms with Crippen molar-refractivity contribution in [1.29, 1.82) is 0 Å². The van der Waals surface area contributed by atoms with E-state index in [0.29, 0.717) is 16.3 Å². The summed E-state index contributed by atoms with van der Waals surface area (Å²) in [6.07, 6.45) is 1.39. The Hall–Kier alpha value is -2.73. The maximum absolute atomic E-state index is 12.2. The minimum atomic E-state index is -0.458. The predicted octanol–water partition coefficient (Wildman–Crippen LogP) is 3.66. The van der Waals surface area contributed by atoms with E-state index in [1.54, 1.807) is 24.3 Å². The molecule has 2 rings (SSSR count). The van der Waals surface area contributed by atoms with Gasteiger partial charge in [0.25, 0.3) is 5.91 Å². The quantitative estimate of drug-likeness (QED) is 0.572. The topological polar surface area (TPSA) is 74.2 Å². The fraction of sp³-hybridized carbons (Fsp3) is 0.263. The van der Waals surface area contributed by atoms with Gasteiger partial charge in [0.05, 0.1) is 18.9 Å². The summed E-state index contributed by atoms with van der Waals surface area (Å²) in [6.45, 7) is 5.80. The van der Waals surface area contributed by atoms with Crippen molar-refractivity contribution in [2.24, 2.45) is 5.10 Å². The van der Waals surface area contributed by atoms with Gasteiger partial charge in [0.1, 0.15) is 11.5 Å². The molecule has 0 heterocycles. The number of rotatable bonds is 7. The Bertz CT molecular complexity index is 805. The van der Waals surface area contributed by atoms with E-state index in [9.17, 15) is 9.90 Å². The number of nitrogens with one attached hydrogen (secondary N) is 1. The molecule has 2 aromatic rings. The summed E-state index contributed by atoms with van der Waals surface area (Å²) in [7, 11) is 1.47. The Morgan fingerprint density at radius 1 is 1.27 bits per heavy atom. The molecular formula is C19H22ClN3O3. The van der Waals surface area contributed by atoms with E-state index >= 15 is 0 Å². The minimum absolute atomic E-state index is 0.0905. The van der Waals surface area contributed by atoms with E-state index in [-0.39, 0.29) is 11.3 Å². The second-order valence-electron chi connectivity index (χ2n) is 5.46. The summed E-state index contributed by atoms with van der Waals surface area (Å²) >= 11 is 5.92. The standard InChI is InChI=1S/C19H22ClN3O3/c1-4-23(5-2)15-8-6-13(17(24)11-15)12-21-22-19(25)16-10-14(20)7-9-18(16)26-3/h6-12,24H,4-5H2,1-3H3,(H,22,25)/b21-12+. The van der Waals surface area contributed by atoms with Gasteiger partial charge in [-0.3, -0.25) is 4.79 Å². The summed E-state index contributed by atoms with van der Waals surface area (Å²) < 4.78 is 5.15. The number of methoxy groups -OCH3 is 1. The van der Waals surface area contributed by atoms with Crippen LogP contribution in [0.5, 0.6) is 11.5 Å². The van der Waals surface area contributed by atoms with Crippen LogP contribution in [-0.4, -0.2) is 37.4 Å². The molecule has 2 aromatic carbocycles. The Morgan fingerprint density at radius 3 is 2.62 bits per heavy atom. The summed E-state index contributed by atoms with van der Waals surface area (Å²) in [6, 6.07) is 10.1. The zero-order valence-corrected chi connectivity index (χ0v) is 15.7. The van der Waals surface area contributed by atoms with Crippen LogP contribution >= 0.6 is 11.6 Å². The highest BCUT2D eigenvalue weighted by atomic mass is 35.5. The van der Waals surface area contributed by atoms with Crippen molar-refractivity contribution in [3.63, 3.8) is 0 Å². The largest absolute Gasteiger partial charge is 0.507 e. The molecule has 0 fully saturated rings. The van der Waals surface area contributed by atoms with E-state index in [1.165, 1.54) is 19.4 Å². The van der Waals surface area contributed by atoms with Gasteiger partial charge < -0.3 is 14.7 Å².